The lowest BCUT2D eigenvalue weighted by molar-refractivity contribution is 0.0767. The molecule has 5 heteroatoms. The molecule has 0 aliphatic carbocycles. The average molecular weight is 287 g/mol. The summed E-state index contributed by atoms with van der Waals surface area (Å²) >= 11 is 0. The molecular weight excluding hydrogens is 269 g/mol. The van der Waals surface area contributed by atoms with Crippen LogP contribution in [0, 0.1) is 5.82 Å². The highest BCUT2D eigenvalue weighted by atomic mass is 19.1. The second-order valence-corrected chi connectivity index (χ2v) is 4.51. The Bertz CT molecular complexity index is 626. The van der Waals surface area contributed by atoms with Gasteiger partial charge in [-0.1, -0.05) is 12.1 Å². The van der Waals surface area contributed by atoms with Crippen LogP contribution in [-0.2, 0) is 0 Å². The van der Waals surface area contributed by atoms with Crippen molar-refractivity contribution in [3.05, 3.63) is 54.1 Å². The van der Waals surface area contributed by atoms with Crippen molar-refractivity contribution in [1.29, 1.82) is 0 Å². The summed E-state index contributed by atoms with van der Waals surface area (Å²) in [5, 5.41) is 2.96. The van der Waals surface area contributed by atoms with E-state index in [1.54, 1.807) is 41.4 Å². The standard InChI is InChI=1S/C16H18FN3O/c1-3-20(4-2)16(21)15-11-12(9-10-18-15)19-14-8-6-5-7-13(14)17/h5-11H,3-4H2,1-2H3,(H,18,19). The molecule has 0 spiro atoms. The molecule has 1 amide bonds. The Kier molecular flexibility index (Phi) is 4.87. The van der Waals surface area contributed by atoms with Crippen LogP contribution in [0.3, 0.4) is 0 Å². The van der Waals surface area contributed by atoms with Gasteiger partial charge < -0.3 is 10.2 Å². The lowest BCUT2D eigenvalue weighted by Gasteiger charge is -2.18. The van der Waals surface area contributed by atoms with E-state index in [2.05, 4.69) is 10.3 Å². The molecule has 0 unspecified atom stereocenters. The first-order valence-corrected chi connectivity index (χ1v) is 6.92. The maximum absolute atomic E-state index is 13.6. The number of anilines is 2. The van der Waals surface area contributed by atoms with Gasteiger partial charge in [-0.25, -0.2) is 4.39 Å². The lowest BCUT2D eigenvalue weighted by atomic mass is 10.2. The fourth-order valence-electron chi connectivity index (χ4n) is 2.02. The molecule has 0 radical (unpaired) electrons. The van der Waals surface area contributed by atoms with Crippen molar-refractivity contribution in [2.75, 3.05) is 18.4 Å². The maximum Gasteiger partial charge on any atom is 0.272 e. The van der Waals surface area contributed by atoms with Crippen LogP contribution >= 0.6 is 0 Å². The summed E-state index contributed by atoms with van der Waals surface area (Å²) in [7, 11) is 0. The summed E-state index contributed by atoms with van der Waals surface area (Å²) in [6.45, 7) is 5.09. The Hall–Kier alpha value is -2.43. The highest BCUT2D eigenvalue weighted by Gasteiger charge is 2.14. The molecule has 0 aliphatic rings. The van der Waals surface area contributed by atoms with Gasteiger partial charge in [0.25, 0.3) is 5.91 Å². The Labute approximate surface area is 123 Å². The van der Waals surface area contributed by atoms with Crippen molar-refractivity contribution >= 4 is 17.3 Å². The SMILES string of the molecule is CCN(CC)C(=O)c1cc(Nc2ccccc2F)ccn1. The van der Waals surface area contributed by atoms with Gasteiger partial charge in [-0.15, -0.1) is 0 Å². The van der Waals surface area contributed by atoms with E-state index < -0.39 is 0 Å². The van der Waals surface area contributed by atoms with Crippen molar-refractivity contribution in [2.45, 2.75) is 13.8 Å². The molecule has 2 rings (SSSR count). The molecule has 1 aromatic heterocycles. The summed E-state index contributed by atoms with van der Waals surface area (Å²) < 4.78 is 13.6. The van der Waals surface area contributed by atoms with E-state index in [-0.39, 0.29) is 11.7 Å². The van der Waals surface area contributed by atoms with Crippen molar-refractivity contribution < 1.29 is 9.18 Å². The molecule has 0 fully saturated rings. The van der Waals surface area contributed by atoms with Crippen molar-refractivity contribution in [3.8, 4) is 0 Å². The summed E-state index contributed by atoms with van der Waals surface area (Å²) in [6, 6.07) is 9.72. The Morgan fingerprint density at radius 1 is 1.24 bits per heavy atom. The summed E-state index contributed by atoms with van der Waals surface area (Å²) in [5.74, 6) is -0.469. The van der Waals surface area contributed by atoms with Gasteiger partial charge in [0.15, 0.2) is 0 Å². The molecular formula is C16H18FN3O. The van der Waals surface area contributed by atoms with Crippen LogP contribution in [-0.4, -0.2) is 28.9 Å². The number of benzene rings is 1. The van der Waals surface area contributed by atoms with E-state index >= 15 is 0 Å². The van der Waals surface area contributed by atoms with Gasteiger partial charge in [0.1, 0.15) is 11.5 Å². The monoisotopic (exact) mass is 287 g/mol. The zero-order chi connectivity index (χ0) is 15.2. The predicted molar refractivity (Wildman–Crippen MR) is 81.2 cm³/mol. The molecule has 110 valence electrons. The van der Waals surface area contributed by atoms with E-state index in [1.807, 2.05) is 13.8 Å². The highest BCUT2D eigenvalue weighted by molar-refractivity contribution is 5.93. The molecule has 1 heterocycles. The number of hydrogen-bond donors (Lipinski definition) is 1. The number of nitrogens with one attached hydrogen (secondary N) is 1. The van der Waals surface area contributed by atoms with Crippen LogP contribution in [0.4, 0.5) is 15.8 Å². The van der Waals surface area contributed by atoms with Gasteiger partial charge in [-0.3, -0.25) is 9.78 Å². The van der Waals surface area contributed by atoms with Crippen LogP contribution in [0.5, 0.6) is 0 Å². The van der Waals surface area contributed by atoms with Gasteiger partial charge in [0.05, 0.1) is 5.69 Å². The molecule has 0 saturated carbocycles. The summed E-state index contributed by atoms with van der Waals surface area (Å²) in [5.41, 5.74) is 1.34. The topological polar surface area (TPSA) is 45.2 Å². The zero-order valence-electron chi connectivity index (χ0n) is 12.1. The fourth-order valence-corrected chi connectivity index (χ4v) is 2.02. The third-order valence-corrected chi connectivity index (χ3v) is 3.18. The largest absolute Gasteiger partial charge is 0.353 e. The number of halogens is 1. The van der Waals surface area contributed by atoms with Crippen LogP contribution in [0.1, 0.15) is 24.3 Å². The molecule has 0 bridgehead atoms. The van der Waals surface area contributed by atoms with E-state index in [0.29, 0.717) is 30.2 Å². The minimum absolute atomic E-state index is 0.128. The van der Waals surface area contributed by atoms with Crippen LogP contribution < -0.4 is 5.32 Å². The minimum atomic E-state index is -0.342. The van der Waals surface area contributed by atoms with Crippen molar-refractivity contribution in [2.24, 2.45) is 0 Å². The Balaban J connectivity index is 2.22. The molecule has 4 nitrogen and oxygen atoms in total. The highest BCUT2D eigenvalue weighted by Crippen LogP contribution is 2.20. The quantitative estimate of drug-likeness (QED) is 0.916. The van der Waals surface area contributed by atoms with Gasteiger partial charge in [-0.2, -0.15) is 0 Å². The zero-order valence-corrected chi connectivity index (χ0v) is 12.1. The van der Waals surface area contributed by atoms with Gasteiger partial charge >= 0.3 is 0 Å². The molecule has 0 atom stereocenters. The van der Waals surface area contributed by atoms with E-state index in [0.717, 1.165) is 0 Å². The lowest BCUT2D eigenvalue weighted by Crippen LogP contribution is -2.31. The number of aromatic nitrogens is 1. The molecule has 0 saturated heterocycles. The van der Waals surface area contributed by atoms with Crippen LogP contribution in [0.15, 0.2) is 42.6 Å². The number of carbonyl (C=O) groups is 1. The van der Waals surface area contributed by atoms with Crippen LogP contribution in [0.2, 0.25) is 0 Å². The average Bonchev–Trinajstić information content (AvgIpc) is 2.51. The van der Waals surface area contributed by atoms with E-state index in [9.17, 15) is 9.18 Å². The summed E-state index contributed by atoms with van der Waals surface area (Å²) in [6.07, 6.45) is 1.54. The minimum Gasteiger partial charge on any atom is -0.353 e. The Morgan fingerprint density at radius 3 is 2.62 bits per heavy atom. The number of para-hydroxylation sites is 1. The number of pyridine rings is 1. The molecule has 1 aromatic carbocycles. The van der Waals surface area contributed by atoms with E-state index in [4.69, 9.17) is 0 Å². The third-order valence-electron chi connectivity index (χ3n) is 3.18. The number of carbonyl (C=O) groups excluding carboxylic acids is 1. The number of hydrogen-bond acceptors (Lipinski definition) is 3. The maximum atomic E-state index is 13.6. The third kappa shape index (κ3) is 3.56. The van der Waals surface area contributed by atoms with E-state index in [1.165, 1.54) is 6.07 Å². The first kappa shape index (κ1) is 15.0. The Morgan fingerprint density at radius 2 is 1.95 bits per heavy atom. The number of rotatable bonds is 5. The molecule has 0 aliphatic heterocycles. The fraction of sp³-hybridized carbons (Fsp3) is 0.250. The number of nitrogens with zero attached hydrogens (tertiary/aromatic N) is 2. The normalized spacial score (nSPS) is 10.2. The van der Waals surface area contributed by atoms with Crippen molar-refractivity contribution in [1.82, 2.24) is 9.88 Å². The molecule has 2 aromatic rings. The second kappa shape index (κ2) is 6.83. The summed E-state index contributed by atoms with van der Waals surface area (Å²) in [4.78, 5) is 18.0. The van der Waals surface area contributed by atoms with Crippen molar-refractivity contribution in [3.63, 3.8) is 0 Å². The van der Waals surface area contributed by atoms with Gasteiger partial charge in [0.2, 0.25) is 0 Å². The predicted octanol–water partition coefficient (Wildman–Crippen LogP) is 3.45. The van der Waals surface area contributed by atoms with Gasteiger partial charge in [0, 0.05) is 25.0 Å². The number of amides is 1. The molecule has 21 heavy (non-hydrogen) atoms. The first-order chi connectivity index (χ1) is 10.2. The first-order valence-electron chi connectivity index (χ1n) is 6.92. The second-order valence-electron chi connectivity index (χ2n) is 4.51. The molecule has 1 N–H and O–H groups in total. The van der Waals surface area contributed by atoms with Crippen LogP contribution in [0.25, 0.3) is 0 Å². The van der Waals surface area contributed by atoms with Gasteiger partial charge in [-0.05, 0) is 38.1 Å². The smallest absolute Gasteiger partial charge is 0.272 e.